The molecule has 2 amide bonds. The minimum absolute atomic E-state index is 0.0547. The molecule has 33 heavy (non-hydrogen) atoms. The van der Waals surface area contributed by atoms with Crippen LogP contribution in [0.4, 0.5) is 10.5 Å². The molecule has 9 heteroatoms. The molecule has 9 nitrogen and oxygen atoms in total. The average Bonchev–Trinajstić information content (AvgIpc) is 3.33. The van der Waals surface area contributed by atoms with E-state index in [9.17, 15) is 19.5 Å². The first kappa shape index (κ1) is 22.1. The second-order valence-electron chi connectivity index (χ2n) is 7.91. The van der Waals surface area contributed by atoms with Crippen molar-refractivity contribution in [3.05, 3.63) is 71.5 Å². The zero-order valence-electron chi connectivity index (χ0n) is 18.5. The SMILES string of the molecule is CC(C(=O)O)N(C)C(=O)c1c(NC(=O)OCC2c3ccccc3-c3ccccc32)cnn1C. The van der Waals surface area contributed by atoms with Crippen LogP contribution < -0.4 is 5.32 Å². The van der Waals surface area contributed by atoms with Crippen LogP contribution in [-0.2, 0) is 16.6 Å². The molecule has 4 rings (SSSR count). The van der Waals surface area contributed by atoms with E-state index < -0.39 is 24.0 Å². The van der Waals surface area contributed by atoms with Crippen LogP contribution in [0.1, 0.15) is 34.5 Å². The van der Waals surface area contributed by atoms with Gasteiger partial charge in [-0.25, -0.2) is 9.59 Å². The lowest BCUT2D eigenvalue weighted by molar-refractivity contribution is -0.141. The van der Waals surface area contributed by atoms with Gasteiger partial charge in [0.2, 0.25) is 0 Å². The maximum absolute atomic E-state index is 12.8. The molecule has 2 N–H and O–H groups in total. The Morgan fingerprint density at radius 3 is 2.27 bits per heavy atom. The number of benzene rings is 2. The first-order valence-corrected chi connectivity index (χ1v) is 10.4. The monoisotopic (exact) mass is 448 g/mol. The summed E-state index contributed by atoms with van der Waals surface area (Å²) in [6.45, 7) is 1.52. The molecule has 0 saturated heterocycles. The van der Waals surface area contributed by atoms with E-state index in [2.05, 4.69) is 22.5 Å². The van der Waals surface area contributed by atoms with E-state index in [0.717, 1.165) is 27.2 Å². The number of ether oxygens (including phenoxy) is 1. The summed E-state index contributed by atoms with van der Waals surface area (Å²) < 4.78 is 6.81. The number of fused-ring (bicyclic) bond motifs is 3. The van der Waals surface area contributed by atoms with Gasteiger partial charge in [0, 0.05) is 20.0 Å². The number of aromatic nitrogens is 2. The summed E-state index contributed by atoms with van der Waals surface area (Å²) in [6.07, 6.45) is 0.598. The molecule has 3 aromatic rings. The summed E-state index contributed by atoms with van der Waals surface area (Å²) in [7, 11) is 2.92. The van der Waals surface area contributed by atoms with Gasteiger partial charge in [0.05, 0.1) is 11.9 Å². The van der Waals surface area contributed by atoms with Crippen LogP contribution in [-0.4, -0.2) is 57.5 Å². The summed E-state index contributed by atoms with van der Waals surface area (Å²) in [6, 6.07) is 15.0. The van der Waals surface area contributed by atoms with Gasteiger partial charge in [-0.3, -0.25) is 14.8 Å². The summed E-state index contributed by atoms with van der Waals surface area (Å²) in [5, 5.41) is 15.8. The van der Waals surface area contributed by atoms with Crippen molar-refractivity contribution < 1.29 is 24.2 Å². The fourth-order valence-corrected chi connectivity index (χ4v) is 4.04. The third-order valence-corrected chi connectivity index (χ3v) is 5.98. The number of carbonyl (C=O) groups excluding carboxylic acids is 2. The molecule has 170 valence electrons. The normalized spacial score (nSPS) is 13.1. The van der Waals surface area contributed by atoms with Crippen molar-refractivity contribution in [2.75, 3.05) is 19.0 Å². The lowest BCUT2D eigenvalue weighted by Crippen LogP contribution is -2.41. The lowest BCUT2D eigenvalue weighted by Gasteiger charge is -2.22. The highest BCUT2D eigenvalue weighted by atomic mass is 16.5. The number of carboxylic acids is 1. The quantitative estimate of drug-likeness (QED) is 0.598. The number of likely N-dealkylation sites (N-methyl/N-ethyl adjacent to an activating group) is 1. The standard InChI is InChI=1S/C24H24N4O5/c1-14(23(30)31)27(2)22(29)21-20(12-25-28(21)3)26-24(32)33-13-19-17-10-6-4-8-15(17)16-9-5-7-11-18(16)19/h4-12,14,19H,13H2,1-3H3,(H,26,32)(H,30,31). The summed E-state index contributed by atoms with van der Waals surface area (Å²) in [5.41, 5.74) is 4.62. The van der Waals surface area contributed by atoms with Gasteiger partial charge in [-0.1, -0.05) is 48.5 Å². The van der Waals surface area contributed by atoms with E-state index in [-0.39, 0.29) is 23.9 Å². The molecule has 1 aromatic heterocycles. The van der Waals surface area contributed by atoms with Crippen LogP contribution >= 0.6 is 0 Å². The smallest absolute Gasteiger partial charge is 0.411 e. The van der Waals surface area contributed by atoms with Crippen molar-refractivity contribution in [2.45, 2.75) is 18.9 Å². The minimum Gasteiger partial charge on any atom is -0.480 e. The highest BCUT2D eigenvalue weighted by Crippen LogP contribution is 2.44. The number of carboxylic acid groups (broad SMARTS) is 1. The van der Waals surface area contributed by atoms with Crippen LogP contribution in [0.15, 0.2) is 54.7 Å². The first-order valence-electron chi connectivity index (χ1n) is 10.4. The fraction of sp³-hybridized carbons (Fsp3) is 0.250. The van der Waals surface area contributed by atoms with Crippen molar-refractivity contribution in [1.29, 1.82) is 0 Å². The molecule has 1 heterocycles. The molecule has 0 fully saturated rings. The van der Waals surface area contributed by atoms with Crippen LogP contribution in [0.2, 0.25) is 0 Å². The summed E-state index contributed by atoms with van der Waals surface area (Å²) in [5.74, 6) is -1.82. The van der Waals surface area contributed by atoms with E-state index in [0.29, 0.717) is 0 Å². The maximum atomic E-state index is 12.8. The zero-order valence-corrected chi connectivity index (χ0v) is 18.5. The first-order chi connectivity index (χ1) is 15.8. The van der Waals surface area contributed by atoms with Gasteiger partial charge in [-0.05, 0) is 29.2 Å². The molecule has 1 atom stereocenters. The van der Waals surface area contributed by atoms with E-state index in [1.54, 1.807) is 0 Å². The summed E-state index contributed by atoms with van der Waals surface area (Å²) >= 11 is 0. The molecule has 0 saturated carbocycles. The molecule has 0 bridgehead atoms. The third-order valence-electron chi connectivity index (χ3n) is 5.98. The largest absolute Gasteiger partial charge is 0.480 e. The molecular formula is C24H24N4O5. The molecular weight excluding hydrogens is 424 g/mol. The van der Waals surface area contributed by atoms with Gasteiger partial charge in [-0.2, -0.15) is 5.10 Å². The molecule has 0 radical (unpaired) electrons. The predicted molar refractivity (Wildman–Crippen MR) is 121 cm³/mol. The number of nitrogens with zero attached hydrogens (tertiary/aromatic N) is 3. The predicted octanol–water partition coefficient (Wildman–Crippen LogP) is 3.33. The summed E-state index contributed by atoms with van der Waals surface area (Å²) in [4.78, 5) is 37.7. The lowest BCUT2D eigenvalue weighted by atomic mass is 9.98. The third kappa shape index (κ3) is 4.05. The number of anilines is 1. The Morgan fingerprint density at radius 2 is 1.70 bits per heavy atom. The second-order valence-corrected chi connectivity index (χ2v) is 7.91. The Bertz CT molecular complexity index is 1190. The van der Waals surface area contributed by atoms with Crippen molar-refractivity contribution in [1.82, 2.24) is 14.7 Å². The maximum Gasteiger partial charge on any atom is 0.411 e. The number of carbonyl (C=O) groups is 3. The highest BCUT2D eigenvalue weighted by Gasteiger charge is 2.30. The van der Waals surface area contributed by atoms with Crippen molar-refractivity contribution >= 4 is 23.7 Å². The van der Waals surface area contributed by atoms with E-state index in [1.807, 2.05) is 36.4 Å². The van der Waals surface area contributed by atoms with Gasteiger partial charge in [0.1, 0.15) is 18.3 Å². The number of rotatable bonds is 6. The van der Waals surface area contributed by atoms with E-state index >= 15 is 0 Å². The fourth-order valence-electron chi connectivity index (χ4n) is 4.04. The molecule has 0 aliphatic heterocycles. The van der Waals surface area contributed by atoms with Crippen LogP contribution in [0.25, 0.3) is 11.1 Å². The second kappa shape index (κ2) is 8.78. The van der Waals surface area contributed by atoms with Crippen LogP contribution in [0.3, 0.4) is 0 Å². The Balaban J connectivity index is 1.48. The molecule has 1 aliphatic carbocycles. The van der Waals surface area contributed by atoms with Crippen LogP contribution in [0, 0.1) is 0 Å². The van der Waals surface area contributed by atoms with Gasteiger partial charge in [-0.15, -0.1) is 0 Å². The van der Waals surface area contributed by atoms with E-state index in [4.69, 9.17) is 4.74 Å². The Kier molecular flexibility index (Phi) is 5.87. The van der Waals surface area contributed by atoms with Gasteiger partial charge in [0.25, 0.3) is 5.91 Å². The molecule has 1 unspecified atom stereocenters. The average molecular weight is 448 g/mol. The van der Waals surface area contributed by atoms with Gasteiger partial charge in [0.15, 0.2) is 0 Å². The van der Waals surface area contributed by atoms with Crippen molar-refractivity contribution in [3.8, 4) is 11.1 Å². The molecule has 2 aromatic carbocycles. The van der Waals surface area contributed by atoms with Gasteiger partial charge >= 0.3 is 12.1 Å². The topological polar surface area (TPSA) is 114 Å². The zero-order chi connectivity index (χ0) is 23.7. The number of hydrogen-bond donors (Lipinski definition) is 2. The Hall–Kier alpha value is -4.14. The molecule has 1 aliphatic rings. The number of hydrogen-bond acceptors (Lipinski definition) is 5. The number of nitrogens with one attached hydrogen (secondary N) is 1. The Labute approximate surface area is 190 Å². The number of aliphatic carboxylic acids is 1. The van der Waals surface area contributed by atoms with E-state index in [1.165, 1.54) is 31.9 Å². The molecule has 0 spiro atoms. The van der Waals surface area contributed by atoms with Crippen molar-refractivity contribution in [3.63, 3.8) is 0 Å². The number of aryl methyl sites for hydroxylation is 1. The van der Waals surface area contributed by atoms with Crippen LogP contribution in [0.5, 0.6) is 0 Å². The Morgan fingerprint density at radius 1 is 1.12 bits per heavy atom. The highest BCUT2D eigenvalue weighted by molar-refractivity contribution is 6.02. The van der Waals surface area contributed by atoms with Gasteiger partial charge < -0.3 is 14.7 Å². The minimum atomic E-state index is -1.14. The van der Waals surface area contributed by atoms with Crippen molar-refractivity contribution in [2.24, 2.45) is 7.05 Å². The number of amides is 2.